The molecule has 0 spiro atoms. The van der Waals surface area contributed by atoms with Crippen LogP contribution in [0.3, 0.4) is 0 Å². The first-order valence-electron chi connectivity index (χ1n) is 8.08. The van der Waals surface area contributed by atoms with Gasteiger partial charge in [0.2, 0.25) is 5.88 Å². The second-order valence-electron chi connectivity index (χ2n) is 6.24. The molecular formula is C17H21N5O3. The number of likely N-dealkylation sites (tertiary alicyclic amines) is 1. The van der Waals surface area contributed by atoms with Crippen LogP contribution >= 0.6 is 0 Å². The van der Waals surface area contributed by atoms with Gasteiger partial charge in [0, 0.05) is 46.4 Å². The third-order valence-electron chi connectivity index (χ3n) is 4.16. The van der Waals surface area contributed by atoms with Crippen molar-refractivity contribution in [2.24, 2.45) is 7.05 Å². The first kappa shape index (κ1) is 16.9. The van der Waals surface area contributed by atoms with Gasteiger partial charge in [-0.25, -0.2) is 0 Å². The van der Waals surface area contributed by atoms with Crippen LogP contribution in [-0.2, 0) is 7.05 Å². The quantitative estimate of drug-likeness (QED) is 0.806. The van der Waals surface area contributed by atoms with E-state index in [1.54, 1.807) is 36.3 Å². The van der Waals surface area contributed by atoms with Gasteiger partial charge < -0.3 is 19.1 Å². The van der Waals surface area contributed by atoms with E-state index in [4.69, 9.17) is 4.74 Å². The van der Waals surface area contributed by atoms with Gasteiger partial charge in [-0.05, 0) is 18.2 Å². The van der Waals surface area contributed by atoms with E-state index in [2.05, 4.69) is 10.2 Å². The lowest BCUT2D eigenvalue weighted by Gasteiger charge is -2.17. The number of amides is 1. The number of aromatic nitrogens is 3. The van der Waals surface area contributed by atoms with E-state index in [1.807, 2.05) is 25.1 Å². The first-order chi connectivity index (χ1) is 12.0. The molecule has 25 heavy (non-hydrogen) atoms. The van der Waals surface area contributed by atoms with Crippen molar-refractivity contribution in [3.05, 3.63) is 46.4 Å². The van der Waals surface area contributed by atoms with Crippen molar-refractivity contribution in [2.45, 2.75) is 12.5 Å². The number of carbonyl (C=O) groups excluding carboxylic acids is 1. The zero-order valence-electron chi connectivity index (χ0n) is 14.5. The summed E-state index contributed by atoms with van der Waals surface area (Å²) in [5.41, 5.74) is -0.109. The third kappa shape index (κ3) is 3.62. The van der Waals surface area contributed by atoms with Crippen LogP contribution in [0.25, 0.3) is 0 Å². The molecule has 0 saturated carbocycles. The summed E-state index contributed by atoms with van der Waals surface area (Å²) < 4.78 is 7.21. The summed E-state index contributed by atoms with van der Waals surface area (Å²) in [6, 6.07) is 6.85. The molecular weight excluding hydrogens is 322 g/mol. The van der Waals surface area contributed by atoms with Gasteiger partial charge in [-0.2, -0.15) is 0 Å². The number of nitrogens with zero attached hydrogens (tertiary/aromatic N) is 5. The zero-order valence-corrected chi connectivity index (χ0v) is 14.5. The van der Waals surface area contributed by atoms with Crippen LogP contribution < -0.4 is 15.2 Å². The summed E-state index contributed by atoms with van der Waals surface area (Å²) in [6.07, 6.45) is 2.16. The molecule has 0 bridgehead atoms. The molecule has 0 radical (unpaired) electrons. The Labute approximate surface area is 145 Å². The van der Waals surface area contributed by atoms with Gasteiger partial charge in [0.25, 0.3) is 11.5 Å². The molecule has 132 valence electrons. The maximum atomic E-state index is 12.6. The van der Waals surface area contributed by atoms with Crippen molar-refractivity contribution in [3.8, 4) is 5.88 Å². The van der Waals surface area contributed by atoms with Crippen molar-refractivity contribution in [2.75, 3.05) is 32.1 Å². The number of carbonyl (C=O) groups is 1. The van der Waals surface area contributed by atoms with E-state index in [0.29, 0.717) is 25.4 Å². The van der Waals surface area contributed by atoms with Crippen LogP contribution in [0.2, 0.25) is 0 Å². The highest BCUT2D eigenvalue weighted by Gasteiger charge is 2.29. The van der Waals surface area contributed by atoms with Gasteiger partial charge in [-0.15, -0.1) is 10.2 Å². The topological polar surface area (TPSA) is 80.6 Å². The van der Waals surface area contributed by atoms with Gasteiger partial charge >= 0.3 is 0 Å². The Hall–Kier alpha value is -2.90. The molecule has 3 rings (SSSR count). The smallest absolute Gasteiger partial charge is 0.263 e. The molecule has 1 unspecified atom stereocenters. The number of hydrogen-bond donors (Lipinski definition) is 0. The standard InChI is InChI=1S/C17H21N5O3/c1-20(2)14-6-7-15(19-18-14)25-12-8-10-22(11-12)17(24)13-5-4-9-21(3)16(13)23/h4-7,9,12H,8,10-11H2,1-3H3. The molecule has 1 aliphatic heterocycles. The molecule has 8 nitrogen and oxygen atoms in total. The second kappa shape index (κ2) is 6.92. The van der Waals surface area contributed by atoms with Crippen LogP contribution in [0.15, 0.2) is 35.3 Å². The van der Waals surface area contributed by atoms with E-state index in [1.165, 1.54) is 4.57 Å². The fourth-order valence-electron chi connectivity index (χ4n) is 2.72. The lowest BCUT2D eigenvalue weighted by molar-refractivity contribution is 0.0768. The van der Waals surface area contributed by atoms with Crippen LogP contribution in [0.5, 0.6) is 5.88 Å². The van der Waals surface area contributed by atoms with E-state index in [-0.39, 0.29) is 23.1 Å². The molecule has 2 aromatic heterocycles. The molecule has 3 heterocycles. The fourth-order valence-corrected chi connectivity index (χ4v) is 2.72. The molecule has 1 saturated heterocycles. The minimum Gasteiger partial charge on any atom is -0.471 e. The summed E-state index contributed by atoms with van der Waals surface area (Å²) in [6.45, 7) is 0.971. The number of aryl methyl sites for hydroxylation is 1. The van der Waals surface area contributed by atoms with Gasteiger partial charge in [0.1, 0.15) is 11.7 Å². The second-order valence-corrected chi connectivity index (χ2v) is 6.24. The van der Waals surface area contributed by atoms with Crippen molar-refractivity contribution in [3.63, 3.8) is 0 Å². The monoisotopic (exact) mass is 343 g/mol. The summed E-state index contributed by atoms with van der Waals surface area (Å²) in [7, 11) is 5.41. The van der Waals surface area contributed by atoms with Gasteiger partial charge in [0.15, 0.2) is 5.82 Å². The van der Waals surface area contributed by atoms with Crippen molar-refractivity contribution < 1.29 is 9.53 Å². The SMILES string of the molecule is CN(C)c1ccc(OC2CCN(C(=O)c3cccn(C)c3=O)C2)nn1. The predicted molar refractivity (Wildman–Crippen MR) is 93.0 cm³/mol. The van der Waals surface area contributed by atoms with Crippen LogP contribution in [0, 0.1) is 0 Å². The molecule has 2 aromatic rings. The Bertz CT molecular complexity index is 816. The summed E-state index contributed by atoms with van der Waals surface area (Å²) in [5.74, 6) is 0.914. The van der Waals surface area contributed by atoms with Crippen molar-refractivity contribution >= 4 is 11.7 Å². The molecule has 0 aromatic carbocycles. The number of anilines is 1. The Balaban J connectivity index is 1.64. The lowest BCUT2D eigenvalue weighted by Crippen LogP contribution is -2.35. The summed E-state index contributed by atoms with van der Waals surface area (Å²) >= 11 is 0. The highest BCUT2D eigenvalue weighted by molar-refractivity contribution is 5.94. The maximum Gasteiger partial charge on any atom is 0.263 e. The minimum absolute atomic E-state index is 0.156. The Kier molecular flexibility index (Phi) is 4.69. The van der Waals surface area contributed by atoms with E-state index in [9.17, 15) is 9.59 Å². The lowest BCUT2D eigenvalue weighted by atomic mass is 10.2. The van der Waals surface area contributed by atoms with Gasteiger partial charge in [-0.3, -0.25) is 9.59 Å². The van der Waals surface area contributed by atoms with Crippen LogP contribution in [0.1, 0.15) is 16.8 Å². The molecule has 8 heteroatoms. The average molecular weight is 343 g/mol. The summed E-state index contributed by atoms with van der Waals surface area (Å²) in [4.78, 5) is 28.1. The molecule has 1 atom stereocenters. The Morgan fingerprint density at radius 2 is 2.08 bits per heavy atom. The van der Waals surface area contributed by atoms with Crippen LogP contribution in [-0.4, -0.2) is 58.9 Å². The molecule has 0 aliphatic carbocycles. The van der Waals surface area contributed by atoms with Crippen molar-refractivity contribution in [1.29, 1.82) is 0 Å². The van der Waals surface area contributed by atoms with E-state index >= 15 is 0 Å². The highest BCUT2D eigenvalue weighted by Crippen LogP contribution is 2.18. The van der Waals surface area contributed by atoms with Gasteiger partial charge in [-0.1, -0.05) is 0 Å². The van der Waals surface area contributed by atoms with E-state index in [0.717, 1.165) is 5.82 Å². The maximum absolute atomic E-state index is 12.6. The number of hydrogen-bond acceptors (Lipinski definition) is 6. The van der Waals surface area contributed by atoms with Crippen LogP contribution in [0.4, 0.5) is 5.82 Å². The van der Waals surface area contributed by atoms with Gasteiger partial charge in [0.05, 0.1) is 6.54 Å². The molecule has 1 aliphatic rings. The zero-order chi connectivity index (χ0) is 18.0. The normalized spacial score (nSPS) is 16.8. The fraction of sp³-hybridized carbons (Fsp3) is 0.412. The predicted octanol–water partition coefficient (Wildman–Crippen LogP) is 0.535. The highest BCUT2D eigenvalue weighted by atomic mass is 16.5. The average Bonchev–Trinajstić information content (AvgIpc) is 3.06. The molecule has 1 amide bonds. The first-order valence-corrected chi connectivity index (χ1v) is 8.08. The summed E-state index contributed by atoms with van der Waals surface area (Å²) in [5, 5.41) is 8.12. The number of ether oxygens (including phenoxy) is 1. The number of pyridine rings is 1. The third-order valence-corrected chi connectivity index (χ3v) is 4.16. The molecule has 0 N–H and O–H groups in total. The van der Waals surface area contributed by atoms with Crippen molar-refractivity contribution in [1.82, 2.24) is 19.7 Å². The minimum atomic E-state index is -0.290. The number of rotatable bonds is 4. The largest absolute Gasteiger partial charge is 0.471 e. The van der Waals surface area contributed by atoms with E-state index < -0.39 is 0 Å². The molecule has 1 fully saturated rings. The Morgan fingerprint density at radius 1 is 1.28 bits per heavy atom. The Morgan fingerprint density at radius 3 is 2.76 bits per heavy atom.